The number of methoxy groups -OCH3 is 1. The van der Waals surface area contributed by atoms with Crippen molar-refractivity contribution in [2.45, 2.75) is 25.8 Å². The molecule has 0 heterocycles. The second-order valence-electron chi connectivity index (χ2n) is 7.72. The van der Waals surface area contributed by atoms with Gasteiger partial charge in [-0.3, -0.25) is 9.63 Å². The van der Waals surface area contributed by atoms with Crippen LogP contribution >= 0.6 is 0 Å². The molecule has 1 amide bonds. The van der Waals surface area contributed by atoms with Crippen LogP contribution < -0.4 is 0 Å². The third-order valence-corrected chi connectivity index (χ3v) is 5.35. The number of phenolic OH excluding ortho intramolecular Hbond substituents is 1. The molecule has 32 heavy (non-hydrogen) atoms. The highest BCUT2D eigenvalue weighted by atomic mass is 16.7. The number of rotatable bonds is 7. The molecule has 0 bridgehead atoms. The van der Waals surface area contributed by atoms with Crippen LogP contribution in [0.4, 0.5) is 0 Å². The molecule has 0 fully saturated rings. The van der Waals surface area contributed by atoms with Crippen molar-refractivity contribution in [3.63, 3.8) is 0 Å². The zero-order valence-electron chi connectivity index (χ0n) is 18.7. The van der Waals surface area contributed by atoms with Crippen molar-refractivity contribution in [2.24, 2.45) is 0 Å². The molecule has 6 heteroatoms. The van der Waals surface area contributed by atoms with Gasteiger partial charge in [-0.2, -0.15) is 5.06 Å². The molecule has 1 N–H and O–H groups in total. The maximum atomic E-state index is 13.7. The second kappa shape index (κ2) is 9.66. The molecule has 0 aliphatic heterocycles. The summed E-state index contributed by atoms with van der Waals surface area (Å²) in [5.41, 5.74) is 1.90. The van der Waals surface area contributed by atoms with Crippen LogP contribution in [0.1, 0.15) is 32.6 Å². The van der Waals surface area contributed by atoms with Crippen LogP contribution in [0, 0.1) is 13.8 Å². The van der Waals surface area contributed by atoms with Crippen LogP contribution in [-0.4, -0.2) is 36.3 Å². The van der Waals surface area contributed by atoms with Crippen LogP contribution in [-0.2, 0) is 26.3 Å². The first-order valence-corrected chi connectivity index (χ1v) is 10.2. The summed E-state index contributed by atoms with van der Waals surface area (Å²) in [7, 11) is 2.64. The van der Waals surface area contributed by atoms with Crippen LogP contribution in [0.15, 0.2) is 72.8 Å². The average Bonchev–Trinajstić information content (AvgIpc) is 2.79. The minimum Gasteiger partial charge on any atom is -0.508 e. The van der Waals surface area contributed by atoms with E-state index in [0.29, 0.717) is 16.7 Å². The zero-order chi connectivity index (χ0) is 23.3. The van der Waals surface area contributed by atoms with E-state index in [2.05, 4.69) is 0 Å². The number of nitrogens with zero attached hydrogens (tertiary/aromatic N) is 1. The maximum absolute atomic E-state index is 13.7. The number of aromatic hydroxyl groups is 1. The number of ether oxygens (including phenoxy) is 1. The van der Waals surface area contributed by atoms with E-state index < -0.39 is 17.4 Å². The monoisotopic (exact) mass is 433 g/mol. The van der Waals surface area contributed by atoms with Gasteiger partial charge in [-0.1, -0.05) is 59.7 Å². The Kier molecular flexibility index (Phi) is 6.95. The molecule has 0 aliphatic carbocycles. The Morgan fingerprint density at radius 1 is 0.906 bits per heavy atom. The number of phenols is 1. The highest BCUT2D eigenvalue weighted by Crippen LogP contribution is 2.36. The molecule has 6 nitrogen and oxygen atoms in total. The van der Waals surface area contributed by atoms with E-state index in [1.54, 1.807) is 48.5 Å². The summed E-state index contributed by atoms with van der Waals surface area (Å²) in [6.45, 7) is 3.81. The van der Waals surface area contributed by atoms with Gasteiger partial charge in [-0.15, -0.1) is 0 Å². The summed E-state index contributed by atoms with van der Waals surface area (Å²) in [6, 6.07) is 20.9. The van der Waals surface area contributed by atoms with Gasteiger partial charge < -0.3 is 9.84 Å². The molecule has 0 spiro atoms. The third kappa shape index (κ3) is 4.50. The van der Waals surface area contributed by atoms with Crippen molar-refractivity contribution < 1.29 is 24.3 Å². The summed E-state index contributed by atoms with van der Waals surface area (Å²) in [5, 5.41) is 10.8. The van der Waals surface area contributed by atoms with Gasteiger partial charge >= 0.3 is 5.97 Å². The van der Waals surface area contributed by atoms with Gasteiger partial charge in [0.2, 0.25) is 0 Å². The normalized spacial score (nSPS) is 12.6. The van der Waals surface area contributed by atoms with Crippen LogP contribution in [0.5, 0.6) is 5.75 Å². The minimum atomic E-state index is -1.60. The Balaban J connectivity index is 2.23. The number of amides is 1. The summed E-state index contributed by atoms with van der Waals surface area (Å²) >= 11 is 0. The van der Waals surface area contributed by atoms with E-state index in [-0.39, 0.29) is 12.2 Å². The van der Waals surface area contributed by atoms with Crippen LogP contribution in [0.3, 0.4) is 0 Å². The van der Waals surface area contributed by atoms with Gasteiger partial charge in [0.1, 0.15) is 5.75 Å². The maximum Gasteiger partial charge on any atom is 0.339 e. The first-order valence-electron chi connectivity index (χ1n) is 10.2. The summed E-state index contributed by atoms with van der Waals surface area (Å²) in [6.07, 6.45) is 0.0777. The van der Waals surface area contributed by atoms with Crippen molar-refractivity contribution >= 4 is 11.9 Å². The standard InChI is InChI=1S/C26H27NO5/c1-18-14-19(2)16-21(15-18)24(29)27(32-4)26(25(30)31-3,22-8-6-5-7-9-22)17-20-10-12-23(28)13-11-20/h5-16,28H,17H2,1-4H3/t26-/m0/s1. The van der Waals surface area contributed by atoms with E-state index in [4.69, 9.17) is 9.57 Å². The molecule has 0 saturated heterocycles. The number of carbonyl (C=O) groups excluding carboxylic acids is 2. The van der Waals surface area contributed by atoms with Gasteiger partial charge in [0.15, 0.2) is 5.54 Å². The minimum absolute atomic E-state index is 0.0777. The van der Waals surface area contributed by atoms with Gasteiger partial charge in [0.25, 0.3) is 5.91 Å². The van der Waals surface area contributed by atoms with Crippen molar-refractivity contribution in [2.75, 3.05) is 14.2 Å². The average molecular weight is 434 g/mol. The molecule has 3 rings (SSSR count). The molecule has 1 atom stereocenters. The molecule has 3 aromatic carbocycles. The molecule has 0 unspecified atom stereocenters. The molecule has 0 aliphatic rings. The van der Waals surface area contributed by atoms with Crippen molar-refractivity contribution in [1.29, 1.82) is 0 Å². The topological polar surface area (TPSA) is 76.1 Å². The summed E-state index contributed by atoms with van der Waals surface area (Å²) in [5.74, 6) is -1.00. The Labute approximate surface area is 188 Å². The van der Waals surface area contributed by atoms with Crippen molar-refractivity contribution in [3.05, 3.63) is 101 Å². The Hall–Kier alpha value is -3.64. The lowest BCUT2D eigenvalue weighted by Crippen LogP contribution is -2.56. The van der Waals surface area contributed by atoms with Crippen molar-refractivity contribution in [1.82, 2.24) is 5.06 Å². The number of esters is 1. The smallest absolute Gasteiger partial charge is 0.339 e. The van der Waals surface area contributed by atoms with E-state index >= 15 is 0 Å². The fraction of sp³-hybridized carbons (Fsp3) is 0.231. The predicted octanol–water partition coefficient (Wildman–Crippen LogP) is 4.32. The van der Waals surface area contributed by atoms with Crippen LogP contribution in [0.25, 0.3) is 0 Å². The SMILES string of the molecule is COC(=O)[C@](Cc1ccc(O)cc1)(c1ccccc1)N(OC)C(=O)c1cc(C)cc(C)c1. The fourth-order valence-electron chi connectivity index (χ4n) is 3.98. The molecule has 0 saturated carbocycles. The lowest BCUT2D eigenvalue weighted by Gasteiger charge is -2.40. The van der Waals surface area contributed by atoms with Gasteiger partial charge in [0, 0.05) is 12.0 Å². The first kappa shape index (κ1) is 23.0. The van der Waals surface area contributed by atoms with Crippen LogP contribution in [0.2, 0.25) is 0 Å². The zero-order valence-corrected chi connectivity index (χ0v) is 18.7. The second-order valence-corrected chi connectivity index (χ2v) is 7.72. The quantitative estimate of drug-likeness (QED) is 0.444. The van der Waals surface area contributed by atoms with E-state index in [9.17, 15) is 14.7 Å². The van der Waals surface area contributed by atoms with Gasteiger partial charge in [-0.25, -0.2) is 4.79 Å². The molecule has 3 aromatic rings. The third-order valence-electron chi connectivity index (χ3n) is 5.35. The largest absolute Gasteiger partial charge is 0.508 e. The molecular formula is C26H27NO5. The lowest BCUT2D eigenvalue weighted by molar-refractivity contribution is -0.195. The van der Waals surface area contributed by atoms with E-state index in [1.165, 1.54) is 26.4 Å². The lowest BCUT2D eigenvalue weighted by atomic mass is 9.82. The Bertz CT molecular complexity index is 1070. The summed E-state index contributed by atoms with van der Waals surface area (Å²) < 4.78 is 5.22. The fourth-order valence-corrected chi connectivity index (χ4v) is 3.98. The Morgan fingerprint density at radius 2 is 1.50 bits per heavy atom. The number of hydrogen-bond acceptors (Lipinski definition) is 5. The van der Waals surface area contributed by atoms with E-state index in [1.807, 2.05) is 26.0 Å². The van der Waals surface area contributed by atoms with Gasteiger partial charge in [0.05, 0.1) is 14.2 Å². The van der Waals surface area contributed by atoms with Gasteiger partial charge in [-0.05, 0) is 49.2 Å². The Morgan fingerprint density at radius 3 is 2.03 bits per heavy atom. The molecule has 0 radical (unpaired) electrons. The van der Waals surface area contributed by atoms with Crippen molar-refractivity contribution in [3.8, 4) is 5.75 Å². The number of aryl methyl sites for hydroxylation is 2. The molecule has 166 valence electrons. The number of hydroxylamine groups is 2. The first-order chi connectivity index (χ1) is 15.3. The number of carbonyl (C=O) groups is 2. The summed E-state index contributed by atoms with van der Waals surface area (Å²) in [4.78, 5) is 32.8. The highest BCUT2D eigenvalue weighted by molar-refractivity contribution is 5.98. The predicted molar refractivity (Wildman–Crippen MR) is 121 cm³/mol. The molecule has 0 aromatic heterocycles. The number of benzene rings is 3. The molecular weight excluding hydrogens is 406 g/mol. The number of hydrogen-bond donors (Lipinski definition) is 1. The van der Waals surface area contributed by atoms with E-state index in [0.717, 1.165) is 16.2 Å². The highest BCUT2D eigenvalue weighted by Gasteiger charge is 2.50.